The molecule has 0 saturated heterocycles. The van der Waals surface area contributed by atoms with Gasteiger partial charge in [0, 0.05) is 0 Å². The van der Waals surface area contributed by atoms with E-state index in [0.717, 1.165) is 0 Å². The van der Waals surface area contributed by atoms with Gasteiger partial charge in [-0.1, -0.05) is 17.7 Å². The minimum absolute atomic E-state index is 1.25. The minimum atomic E-state index is 1.25. The molecule has 0 nitrogen and oxygen atoms in total. The number of hydrogen-bond acceptors (Lipinski definition) is 1. The molecule has 0 unspecified atom stereocenters. The van der Waals surface area contributed by atoms with E-state index in [1.54, 1.807) is 5.41 Å². The lowest BCUT2D eigenvalue weighted by molar-refractivity contribution is 1.49. The van der Waals surface area contributed by atoms with E-state index in [2.05, 4.69) is 12.6 Å². The standard InChI is InChI=1S/C6H10S/c1-3-6(2)4-5-7/h3-5,7H,1-2H3/b5-4-,6-3-. The third kappa shape index (κ3) is 3.67. The molecule has 0 spiro atoms. The minimum Gasteiger partial charge on any atom is -0.151 e. The molecule has 0 aliphatic heterocycles. The molecule has 0 fully saturated rings. The lowest BCUT2D eigenvalue weighted by atomic mass is 10.3. The molecular formula is C6H10S. The normalized spacial score (nSPS) is 13.3. The Morgan fingerprint density at radius 2 is 2.14 bits per heavy atom. The maximum Gasteiger partial charge on any atom is -0.0322 e. The summed E-state index contributed by atoms with van der Waals surface area (Å²) >= 11 is 3.89. The van der Waals surface area contributed by atoms with Crippen molar-refractivity contribution in [2.75, 3.05) is 0 Å². The Labute approximate surface area is 50.3 Å². The molecule has 0 atom stereocenters. The highest BCUT2D eigenvalue weighted by Crippen LogP contribution is 1.93. The van der Waals surface area contributed by atoms with E-state index >= 15 is 0 Å². The molecule has 0 aliphatic rings. The highest BCUT2D eigenvalue weighted by Gasteiger charge is 1.70. The molecule has 0 saturated carbocycles. The Hall–Kier alpha value is -0.170. The quantitative estimate of drug-likeness (QED) is 0.393. The molecular weight excluding hydrogens is 104 g/mol. The summed E-state index contributed by atoms with van der Waals surface area (Å²) in [4.78, 5) is 0. The van der Waals surface area contributed by atoms with Gasteiger partial charge in [0.1, 0.15) is 0 Å². The average Bonchev–Trinajstić information content (AvgIpc) is 1.68. The van der Waals surface area contributed by atoms with Crippen LogP contribution in [0.5, 0.6) is 0 Å². The smallest absolute Gasteiger partial charge is 0.0322 e. The van der Waals surface area contributed by atoms with Crippen LogP contribution in [-0.4, -0.2) is 0 Å². The molecule has 0 aromatic rings. The highest BCUT2D eigenvalue weighted by atomic mass is 32.1. The summed E-state index contributed by atoms with van der Waals surface area (Å²) in [6.45, 7) is 4.04. The van der Waals surface area contributed by atoms with Gasteiger partial charge in [-0.15, -0.1) is 0 Å². The molecule has 0 aromatic heterocycles. The monoisotopic (exact) mass is 114 g/mol. The Bertz CT molecular complexity index is 90.4. The van der Waals surface area contributed by atoms with Crippen molar-refractivity contribution in [3.8, 4) is 0 Å². The van der Waals surface area contributed by atoms with Gasteiger partial charge in [-0.05, 0) is 19.3 Å². The van der Waals surface area contributed by atoms with Crippen LogP contribution in [0.3, 0.4) is 0 Å². The topological polar surface area (TPSA) is 0 Å². The van der Waals surface area contributed by atoms with E-state index in [4.69, 9.17) is 0 Å². The predicted octanol–water partition coefficient (Wildman–Crippen LogP) is 2.40. The number of hydrogen-bond donors (Lipinski definition) is 1. The molecule has 0 rings (SSSR count). The van der Waals surface area contributed by atoms with E-state index in [-0.39, 0.29) is 0 Å². The van der Waals surface area contributed by atoms with Gasteiger partial charge < -0.3 is 0 Å². The van der Waals surface area contributed by atoms with Crippen LogP contribution in [-0.2, 0) is 0 Å². The molecule has 0 bridgehead atoms. The molecule has 0 aromatic carbocycles. The molecule has 0 radical (unpaired) electrons. The predicted molar refractivity (Wildman–Crippen MR) is 37.6 cm³/mol. The summed E-state index contributed by atoms with van der Waals surface area (Å²) in [5.74, 6) is 0. The van der Waals surface area contributed by atoms with Gasteiger partial charge in [0.25, 0.3) is 0 Å². The Morgan fingerprint density at radius 3 is 2.29 bits per heavy atom. The van der Waals surface area contributed by atoms with E-state index in [1.807, 2.05) is 26.0 Å². The van der Waals surface area contributed by atoms with Crippen molar-refractivity contribution >= 4 is 12.6 Å². The van der Waals surface area contributed by atoms with E-state index in [9.17, 15) is 0 Å². The fraction of sp³-hybridized carbons (Fsp3) is 0.333. The molecule has 0 N–H and O–H groups in total. The second-order valence-corrected chi connectivity index (χ2v) is 1.65. The van der Waals surface area contributed by atoms with Gasteiger partial charge in [-0.25, -0.2) is 0 Å². The summed E-state index contributed by atoms with van der Waals surface area (Å²) in [6, 6.07) is 0. The second kappa shape index (κ2) is 4.00. The zero-order chi connectivity index (χ0) is 5.70. The summed E-state index contributed by atoms with van der Waals surface area (Å²) < 4.78 is 0. The maximum absolute atomic E-state index is 3.89. The van der Waals surface area contributed by atoms with Crippen LogP contribution in [0.15, 0.2) is 23.1 Å². The molecule has 0 aliphatic carbocycles. The van der Waals surface area contributed by atoms with Crippen molar-refractivity contribution in [3.63, 3.8) is 0 Å². The van der Waals surface area contributed by atoms with Crippen LogP contribution in [0, 0.1) is 0 Å². The zero-order valence-corrected chi connectivity index (χ0v) is 5.57. The van der Waals surface area contributed by atoms with Crippen LogP contribution in [0.4, 0.5) is 0 Å². The summed E-state index contributed by atoms with van der Waals surface area (Å²) in [5, 5.41) is 1.73. The van der Waals surface area contributed by atoms with Gasteiger partial charge >= 0.3 is 0 Å². The Balaban J connectivity index is 3.58. The highest BCUT2D eigenvalue weighted by molar-refractivity contribution is 7.83. The van der Waals surface area contributed by atoms with Crippen molar-refractivity contribution in [1.82, 2.24) is 0 Å². The summed E-state index contributed by atoms with van der Waals surface area (Å²) in [5.41, 5.74) is 1.25. The van der Waals surface area contributed by atoms with Crippen LogP contribution >= 0.6 is 12.6 Å². The van der Waals surface area contributed by atoms with Crippen LogP contribution in [0.2, 0.25) is 0 Å². The number of allylic oxidation sites excluding steroid dienone is 3. The van der Waals surface area contributed by atoms with Gasteiger partial charge in [0.15, 0.2) is 0 Å². The first-order chi connectivity index (χ1) is 3.31. The van der Waals surface area contributed by atoms with Crippen LogP contribution in [0.1, 0.15) is 13.8 Å². The van der Waals surface area contributed by atoms with Crippen molar-refractivity contribution in [2.45, 2.75) is 13.8 Å². The summed E-state index contributed by atoms with van der Waals surface area (Å²) in [7, 11) is 0. The first-order valence-electron chi connectivity index (χ1n) is 2.25. The van der Waals surface area contributed by atoms with E-state index < -0.39 is 0 Å². The number of thiol groups is 1. The maximum atomic E-state index is 3.89. The van der Waals surface area contributed by atoms with Gasteiger partial charge in [0.2, 0.25) is 0 Å². The first kappa shape index (κ1) is 6.83. The fourth-order valence-electron chi connectivity index (χ4n) is 0.214. The summed E-state index contributed by atoms with van der Waals surface area (Å²) in [6.07, 6.45) is 3.98. The van der Waals surface area contributed by atoms with E-state index in [1.165, 1.54) is 5.57 Å². The Morgan fingerprint density at radius 1 is 1.57 bits per heavy atom. The SMILES string of the molecule is C/C=C(C)\C=C/S. The van der Waals surface area contributed by atoms with Gasteiger partial charge in [-0.2, -0.15) is 12.6 Å². The molecule has 1 heteroatoms. The molecule has 7 heavy (non-hydrogen) atoms. The fourth-order valence-corrected chi connectivity index (χ4v) is 0.449. The molecule has 0 amide bonds. The van der Waals surface area contributed by atoms with Gasteiger partial charge in [-0.3, -0.25) is 0 Å². The number of rotatable bonds is 1. The van der Waals surface area contributed by atoms with E-state index in [0.29, 0.717) is 0 Å². The molecule has 40 valence electrons. The third-order valence-corrected chi connectivity index (χ3v) is 0.942. The van der Waals surface area contributed by atoms with Crippen molar-refractivity contribution < 1.29 is 0 Å². The van der Waals surface area contributed by atoms with Crippen molar-refractivity contribution in [2.24, 2.45) is 0 Å². The van der Waals surface area contributed by atoms with Crippen molar-refractivity contribution in [3.05, 3.63) is 23.1 Å². The first-order valence-corrected chi connectivity index (χ1v) is 2.76. The average molecular weight is 114 g/mol. The van der Waals surface area contributed by atoms with Gasteiger partial charge in [0.05, 0.1) is 0 Å². The van der Waals surface area contributed by atoms with Crippen LogP contribution in [0.25, 0.3) is 0 Å². The van der Waals surface area contributed by atoms with Crippen molar-refractivity contribution in [1.29, 1.82) is 0 Å². The Kier molecular flexibility index (Phi) is 3.90. The zero-order valence-electron chi connectivity index (χ0n) is 4.68. The van der Waals surface area contributed by atoms with Crippen LogP contribution < -0.4 is 0 Å². The molecule has 0 heterocycles. The lowest BCUT2D eigenvalue weighted by Gasteiger charge is -1.81. The second-order valence-electron chi connectivity index (χ2n) is 1.35. The lowest BCUT2D eigenvalue weighted by Crippen LogP contribution is -1.59. The third-order valence-electron chi connectivity index (χ3n) is 0.793. The largest absolute Gasteiger partial charge is 0.151 e.